The van der Waals surface area contributed by atoms with Gasteiger partial charge in [0.05, 0.1) is 11.5 Å². The van der Waals surface area contributed by atoms with Crippen LogP contribution in [-0.4, -0.2) is 17.0 Å². The molecule has 22 heavy (non-hydrogen) atoms. The summed E-state index contributed by atoms with van der Waals surface area (Å²) in [5.41, 5.74) is -0.232. The molecule has 0 bridgehead atoms. The minimum atomic E-state index is -1.10. The molecule has 0 spiro atoms. The first-order chi connectivity index (χ1) is 10.3. The number of carboxylic acid groups (broad SMARTS) is 1. The Hall–Kier alpha value is -1.91. The van der Waals surface area contributed by atoms with E-state index >= 15 is 0 Å². The van der Waals surface area contributed by atoms with Gasteiger partial charge in [-0.3, -0.25) is 9.59 Å². The fraction of sp³-hybridized carbons (Fsp3) is 0.529. The van der Waals surface area contributed by atoms with Gasteiger partial charge in [-0.25, -0.2) is 4.39 Å². The summed E-state index contributed by atoms with van der Waals surface area (Å²) in [6.07, 6.45) is 3.08. The third-order valence-corrected chi connectivity index (χ3v) is 4.35. The van der Waals surface area contributed by atoms with Gasteiger partial charge in [-0.1, -0.05) is 18.6 Å². The maximum absolute atomic E-state index is 13.1. The second-order valence-corrected chi connectivity index (χ2v) is 6.65. The van der Waals surface area contributed by atoms with Gasteiger partial charge in [0.15, 0.2) is 0 Å². The van der Waals surface area contributed by atoms with Gasteiger partial charge in [0.25, 0.3) is 0 Å². The predicted molar refractivity (Wildman–Crippen MR) is 80.7 cm³/mol. The molecule has 0 heterocycles. The molecule has 2 rings (SSSR count). The Morgan fingerprint density at radius 3 is 2.36 bits per heavy atom. The standard InChI is InChI=1S/C17H22FNO3/c1-17(2,16(21)22)10-14(20)19-15(11-4-3-5-11)12-6-8-13(18)9-7-12/h6-9,11,15H,3-5,10H2,1-2H3,(H,19,20)(H,21,22). The van der Waals surface area contributed by atoms with Crippen LogP contribution in [0.4, 0.5) is 4.39 Å². The van der Waals surface area contributed by atoms with Gasteiger partial charge in [-0.05, 0) is 50.3 Å². The zero-order valence-electron chi connectivity index (χ0n) is 12.9. The Bertz CT molecular complexity index is 550. The molecule has 4 nitrogen and oxygen atoms in total. The van der Waals surface area contributed by atoms with Gasteiger partial charge < -0.3 is 10.4 Å². The van der Waals surface area contributed by atoms with Crippen LogP contribution < -0.4 is 5.32 Å². The summed E-state index contributed by atoms with van der Waals surface area (Å²) in [5.74, 6) is -1.25. The first kappa shape index (κ1) is 16.5. The molecular weight excluding hydrogens is 285 g/mol. The Morgan fingerprint density at radius 1 is 1.32 bits per heavy atom. The van der Waals surface area contributed by atoms with Crippen molar-refractivity contribution in [3.8, 4) is 0 Å². The molecule has 1 unspecified atom stereocenters. The van der Waals surface area contributed by atoms with Gasteiger partial charge in [0.1, 0.15) is 5.82 Å². The highest BCUT2D eigenvalue weighted by Crippen LogP contribution is 2.38. The number of carbonyl (C=O) groups is 2. The van der Waals surface area contributed by atoms with Crippen molar-refractivity contribution in [1.29, 1.82) is 0 Å². The molecule has 1 aromatic rings. The number of hydrogen-bond donors (Lipinski definition) is 2. The largest absolute Gasteiger partial charge is 0.481 e. The number of halogens is 1. The van der Waals surface area contributed by atoms with Crippen molar-refractivity contribution in [1.82, 2.24) is 5.32 Å². The number of hydrogen-bond acceptors (Lipinski definition) is 2. The molecule has 0 aromatic heterocycles. The van der Waals surface area contributed by atoms with E-state index in [0.29, 0.717) is 5.92 Å². The normalized spacial score (nSPS) is 16.7. The van der Waals surface area contributed by atoms with E-state index in [0.717, 1.165) is 24.8 Å². The van der Waals surface area contributed by atoms with E-state index in [4.69, 9.17) is 5.11 Å². The molecule has 120 valence electrons. The lowest BCUT2D eigenvalue weighted by Crippen LogP contribution is -2.39. The summed E-state index contributed by atoms with van der Waals surface area (Å²) in [7, 11) is 0. The maximum atomic E-state index is 13.1. The minimum Gasteiger partial charge on any atom is -0.481 e. The van der Waals surface area contributed by atoms with E-state index in [1.165, 1.54) is 26.0 Å². The molecule has 1 aliphatic carbocycles. The van der Waals surface area contributed by atoms with Crippen LogP contribution in [0.25, 0.3) is 0 Å². The van der Waals surface area contributed by atoms with Crippen LogP contribution in [0.5, 0.6) is 0 Å². The first-order valence-corrected chi connectivity index (χ1v) is 7.58. The van der Waals surface area contributed by atoms with Crippen molar-refractivity contribution in [2.75, 3.05) is 0 Å². The third-order valence-electron chi connectivity index (χ3n) is 4.35. The van der Waals surface area contributed by atoms with Crippen molar-refractivity contribution in [2.24, 2.45) is 11.3 Å². The van der Waals surface area contributed by atoms with Crippen molar-refractivity contribution < 1.29 is 19.1 Å². The molecule has 1 aromatic carbocycles. The Labute approximate surface area is 129 Å². The van der Waals surface area contributed by atoms with Crippen molar-refractivity contribution in [2.45, 2.75) is 45.6 Å². The molecule has 1 saturated carbocycles. The molecule has 0 radical (unpaired) electrons. The van der Waals surface area contributed by atoms with E-state index in [1.807, 2.05) is 0 Å². The van der Waals surface area contributed by atoms with E-state index in [9.17, 15) is 14.0 Å². The summed E-state index contributed by atoms with van der Waals surface area (Å²) in [4.78, 5) is 23.3. The number of aliphatic carboxylic acids is 1. The Kier molecular flexibility index (Phi) is 4.84. The second-order valence-electron chi connectivity index (χ2n) is 6.65. The molecule has 1 atom stereocenters. The van der Waals surface area contributed by atoms with Crippen LogP contribution in [0.1, 0.15) is 51.1 Å². The number of benzene rings is 1. The molecule has 0 saturated heterocycles. The molecule has 1 aliphatic rings. The fourth-order valence-electron chi connectivity index (χ4n) is 2.62. The Balaban J connectivity index is 2.09. The van der Waals surface area contributed by atoms with Crippen LogP contribution in [0.2, 0.25) is 0 Å². The summed E-state index contributed by atoms with van der Waals surface area (Å²) >= 11 is 0. The maximum Gasteiger partial charge on any atom is 0.309 e. The SMILES string of the molecule is CC(C)(CC(=O)NC(c1ccc(F)cc1)C1CCC1)C(=O)O. The quantitative estimate of drug-likeness (QED) is 0.847. The summed E-state index contributed by atoms with van der Waals surface area (Å²) in [6.45, 7) is 3.07. The number of carbonyl (C=O) groups excluding carboxylic acids is 1. The average molecular weight is 307 g/mol. The van der Waals surface area contributed by atoms with Crippen LogP contribution in [0.3, 0.4) is 0 Å². The van der Waals surface area contributed by atoms with Gasteiger partial charge in [0, 0.05) is 6.42 Å². The molecule has 1 fully saturated rings. The highest BCUT2D eigenvalue weighted by atomic mass is 19.1. The lowest BCUT2D eigenvalue weighted by molar-refractivity contribution is -0.149. The second kappa shape index (κ2) is 6.46. The van der Waals surface area contributed by atoms with E-state index in [1.54, 1.807) is 12.1 Å². The van der Waals surface area contributed by atoms with E-state index in [-0.39, 0.29) is 24.2 Å². The smallest absolute Gasteiger partial charge is 0.309 e. The molecule has 1 amide bonds. The number of amides is 1. The van der Waals surface area contributed by atoms with Gasteiger partial charge >= 0.3 is 5.97 Å². The molecule has 0 aliphatic heterocycles. The number of carboxylic acids is 1. The van der Waals surface area contributed by atoms with Gasteiger partial charge in [-0.15, -0.1) is 0 Å². The fourth-order valence-corrected chi connectivity index (χ4v) is 2.62. The van der Waals surface area contributed by atoms with E-state index in [2.05, 4.69) is 5.32 Å². The topological polar surface area (TPSA) is 66.4 Å². The summed E-state index contributed by atoms with van der Waals surface area (Å²) < 4.78 is 13.1. The highest BCUT2D eigenvalue weighted by molar-refractivity contribution is 5.84. The summed E-state index contributed by atoms with van der Waals surface area (Å²) in [5, 5.41) is 12.1. The number of nitrogens with one attached hydrogen (secondary N) is 1. The van der Waals surface area contributed by atoms with Crippen molar-refractivity contribution in [3.63, 3.8) is 0 Å². The monoisotopic (exact) mass is 307 g/mol. The van der Waals surface area contributed by atoms with Crippen LogP contribution >= 0.6 is 0 Å². The van der Waals surface area contributed by atoms with E-state index < -0.39 is 11.4 Å². The highest BCUT2D eigenvalue weighted by Gasteiger charge is 2.34. The summed E-state index contributed by atoms with van der Waals surface area (Å²) in [6, 6.07) is 5.95. The minimum absolute atomic E-state index is 0.0766. The predicted octanol–water partition coefficient (Wildman–Crippen LogP) is 3.28. The van der Waals surface area contributed by atoms with Crippen molar-refractivity contribution in [3.05, 3.63) is 35.6 Å². The van der Waals surface area contributed by atoms with Crippen LogP contribution in [-0.2, 0) is 9.59 Å². The molecule has 5 heteroatoms. The van der Waals surface area contributed by atoms with Crippen LogP contribution in [0.15, 0.2) is 24.3 Å². The average Bonchev–Trinajstić information content (AvgIpc) is 2.36. The first-order valence-electron chi connectivity index (χ1n) is 7.58. The Morgan fingerprint density at radius 2 is 1.91 bits per heavy atom. The lowest BCUT2D eigenvalue weighted by atomic mass is 9.77. The zero-order valence-corrected chi connectivity index (χ0v) is 12.9. The molecule has 2 N–H and O–H groups in total. The zero-order chi connectivity index (χ0) is 16.3. The van der Waals surface area contributed by atoms with Crippen molar-refractivity contribution >= 4 is 11.9 Å². The number of rotatable bonds is 6. The van der Waals surface area contributed by atoms with Gasteiger partial charge in [0.2, 0.25) is 5.91 Å². The van der Waals surface area contributed by atoms with Crippen LogP contribution in [0, 0.1) is 17.2 Å². The lowest BCUT2D eigenvalue weighted by Gasteiger charge is -2.35. The third kappa shape index (κ3) is 3.84. The van der Waals surface area contributed by atoms with Gasteiger partial charge in [-0.2, -0.15) is 0 Å². The molecular formula is C17H22FNO3.